The van der Waals surface area contributed by atoms with Gasteiger partial charge >= 0.3 is 0 Å². The van der Waals surface area contributed by atoms with E-state index in [1.807, 2.05) is 54.6 Å². The van der Waals surface area contributed by atoms with Gasteiger partial charge in [0, 0.05) is 16.7 Å². The van der Waals surface area contributed by atoms with E-state index < -0.39 is 0 Å². The van der Waals surface area contributed by atoms with Gasteiger partial charge < -0.3 is 0 Å². The maximum Gasteiger partial charge on any atom is 0.138 e. The Morgan fingerprint density at radius 1 is 0.478 bits per heavy atom. The van der Waals surface area contributed by atoms with E-state index in [0.717, 1.165) is 16.7 Å². The van der Waals surface area contributed by atoms with Crippen LogP contribution >= 0.6 is 0 Å². The van der Waals surface area contributed by atoms with Crippen molar-refractivity contribution in [3.63, 3.8) is 0 Å². The van der Waals surface area contributed by atoms with E-state index in [2.05, 4.69) is 23.7 Å². The summed E-state index contributed by atoms with van der Waals surface area (Å²) in [5, 5.41) is 0. The lowest BCUT2D eigenvalue weighted by atomic mass is 10.1. The molecule has 0 fully saturated rings. The highest BCUT2D eigenvalue weighted by Gasteiger charge is 1.95. The highest BCUT2D eigenvalue weighted by Crippen LogP contribution is 2.06. The molecule has 0 amide bonds. The highest BCUT2D eigenvalue weighted by atomic mass is 19.1. The summed E-state index contributed by atoms with van der Waals surface area (Å²) in [4.78, 5) is 0. The number of hydrogen-bond donors (Lipinski definition) is 0. The summed E-state index contributed by atoms with van der Waals surface area (Å²) in [5.74, 6) is 11.7. The molecular formula is C22H13F. The summed E-state index contributed by atoms with van der Waals surface area (Å²) in [6, 6.07) is 24.0. The molecule has 0 aromatic heterocycles. The second kappa shape index (κ2) is 7.12. The minimum Gasteiger partial charge on any atom is -0.206 e. The van der Waals surface area contributed by atoms with E-state index in [1.54, 1.807) is 18.2 Å². The van der Waals surface area contributed by atoms with Crippen molar-refractivity contribution in [1.29, 1.82) is 0 Å². The summed E-state index contributed by atoms with van der Waals surface area (Å²) in [6.07, 6.45) is 0. The first-order valence-corrected chi connectivity index (χ1v) is 7.25. The first-order valence-electron chi connectivity index (χ1n) is 7.25. The molecule has 23 heavy (non-hydrogen) atoms. The van der Waals surface area contributed by atoms with Crippen molar-refractivity contribution < 1.29 is 4.39 Å². The van der Waals surface area contributed by atoms with Gasteiger partial charge in [-0.1, -0.05) is 54.0 Å². The van der Waals surface area contributed by atoms with E-state index in [9.17, 15) is 4.39 Å². The van der Waals surface area contributed by atoms with Crippen LogP contribution in [-0.2, 0) is 0 Å². The molecule has 0 saturated heterocycles. The van der Waals surface area contributed by atoms with Gasteiger partial charge in [-0.2, -0.15) is 0 Å². The van der Waals surface area contributed by atoms with Gasteiger partial charge in [-0.3, -0.25) is 0 Å². The molecule has 0 bridgehead atoms. The maximum atomic E-state index is 13.5. The van der Waals surface area contributed by atoms with Crippen LogP contribution in [0, 0.1) is 29.5 Å². The molecule has 0 aliphatic carbocycles. The molecule has 0 saturated carbocycles. The van der Waals surface area contributed by atoms with Gasteiger partial charge in [0.05, 0.1) is 5.56 Å². The van der Waals surface area contributed by atoms with Crippen LogP contribution in [0.4, 0.5) is 4.39 Å². The van der Waals surface area contributed by atoms with Gasteiger partial charge in [0.1, 0.15) is 5.82 Å². The van der Waals surface area contributed by atoms with E-state index in [0.29, 0.717) is 5.56 Å². The van der Waals surface area contributed by atoms with Crippen molar-refractivity contribution in [3.05, 3.63) is 107 Å². The molecule has 3 aromatic rings. The molecule has 0 nitrogen and oxygen atoms in total. The Hall–Kier alpha value is -3.29. The fourth-order valence-corrected chi connectivity index (χ4v) is 2.00. The Morgan fingerprint density at radius 2 is 0.957 bits per heavy atom. The summed E-state index contributed by atoms with van der Waals surface area (Å²) in [5.41, 5.74) is 3.14. The van der Waals surface area contributed by atoms with E-state index in [4.69, 9.17) is 0 Å². The minimum absolute atomic E-state index is 0.301. The summed E-state index contributed by atoms with van der Waals surface area (Å²) >= 11 is 0. The molecule has 3 rings (SSSR count). The van der Waals surface area contributed by atoms with Gasteiger partial charge in [0.25, 0.3) is 0 Å². The summed E-state index contributed by atoms with van der Waals surface area (Å²) in [7, 11) is 0. The molecule has 1 heteroatoms. The van der Waals surface area contributed by atoms with Crippen LogP contribution in [0.3, 0.4) is 0 Å². The first kappa shape index (κ1) is 14.6. The lowest BCUT2D eigenvalue weighted by molar-refractivity contribution is 0.624. The van der Waals surface area contributed by atoms with E-state index in [1.165, 1.54) is 6.07 Å². The van der Waals surface area contributed by atoms with Gasteiger partial charge in [-0.25, -0.2) is 4.39 Å². The van der Waals surface area contributed by atoms with E-state index >= 15 is 0 Å². The second-order valence-corrected chi connectivity index (χ2v) is 4.92. The van der Waals surface area contributed by atoms with E-state index in [-0.39, 0.29) is 5.82 Å². The Balaban J connectivity index is 1.76. The molecule has 0 radical (unpaired) electrons. The average molecular weight is 296 g/mol. The van der Waals surface area contributed by atoms with Crippen LogP contribution in [-0.4, -0.2) is 0 Å². The normalized spacial score (nSPS) is 9.26. The van der Waals surface area contributed by atoms with Crippen LogP contribution in [0.1, 0.15) is 22.3 Å². The van der Waals surface area contributed by atoms with Gasteiger partial charge in [-0.15, -0.1) is 0 Å². The molecule has 0 aliphatic heterocycles. The number of rotatable bonds is 0. The Kier molecular flexibility index (Phi) is 4.53. The standard InChI is InChI=1S/C22H13F/c23-22-9-5-4-8-21(22)17-16-20-14-12-19(13-15-20)11-10-18-6-2-1-3-7-18/h1-9,12-15H. The zero-order valence-electron chi connectivity index (χ0n) is 12.4. The smallest absolute Gasteiger partial charge is 0.138 e. The number of halogens is 1. The highest BCUT2D eigenvalue weighted by molar-refractivity contribution is 5.47. The Bertz CT molecular complexity index is 915. The second-order valence-electron chi connectivity index (χ2n) is 4.92. The third-order valence-electron chi connectivity index (χ3n) is 3.23. The van der Waals surface area contributed by atoms with Crippen LogP contribution in [0.15, 0.2) is 78.9 Å². The molecule has 3 aromatic carbocycles. The Morgan fingerprint density at radius 3 is 1.57 bits per heavy atom. The predicted molar refractivity (Wildman–Crippen MR) is 91.2 cm³/mol. The summed E-state index contributed by atoms with van der Waals surface area (Å²) in [6.45, 7) is 0. The Labute approximate surface area is 135 Å². The SMILES string of the molecule is Fc1ccccc1C#Cc1ccc(C#Cc2ccccc2)cc1. The monoisotopic (exact) mass is 296 g/mol. The fraction of sp³-hybridized carbons (Fsp3) is 0. The molecule has 0 spiro atoms. The van der Waals surface area contributed by atoms with Crippen molar-refractivity contribution in [1.82, 2.24) is 0 Å². The predicted octanol–water partition coefficient (Wildman–Crippen LogP) is 4.63. The third-order valence-corrected chi connectivity index (χ3v) is 3.23. The molecule has 0 heterocycles. The van der Waals surface area contributed by atoms with Crippen molar-refractivity contribution in [2.24, 2.45) is 0 Å². The van der Waals surface area contributed by atoms with Gasteiger partial charge in [0.15, 0.2) is 0 Å². The molecule has 0 N–H and O–H groups in total. The van der Waals surface area contributed by atoms with Crippen LogP contribution in [0.5, 0.6) is 0 Å². The van der Waals surface area contributed by atoms with Crippen molar-refractivity contribution >= 4 is 0 Å². The zero-order chi connectivity index (χ0) is 15.9. The zero-order valence-corrected chi connectivity index (χ0v) is 12.4. The molecule has 108 valence electrons. The molecular weight excluding hydrogens is 283 g/mol. The average Bonchev–Trinajstić information content (AvgIpc) is 2.61. The fourth-order valence-electron chi connectivity index (χ4n) is 2.00. The lowest BCUT2D eigenvalue weighted by Gasteiger charge is -1.93. The van der Waals surface area contributed by atoms with Crippen molar-refractivity contribution in [2.75, 3.05) is 0 Å². The lowest BCUT2D eigenvalue weighted by Crippen LogP contribution is -1.82. The summed E-state index contributed by atoms with van der Waals surface area (Å²) < 4.78 is 13.5. The first-order chi connectivity index (χ1) is 11.3. The molecule has 0 atom stereocenters. The van der Waals surface area contributed by atoms with Crippen molar-refractivity contribution in [3.8, 4) is 23.7 Å². The quantitative estimate of drug-likeness (QED) is 0.531. The van der Waals surface area contributed by atoms with Gasteiger partial charge in [0.2, 0.25) is 0 Å². The molecule has 0 aliphatic rings. The van der Waals surface area contributed by atoms with Gasteiger partial charge in [-0.05, 0) is 48.5 Å². The topological polar surface area (TPSA) is 0 Å². The third kappa shape index (κ3) is 4.10. The van der Waals surface area contributed by atoms with Crippen LogP contribution in [0.2, 0.25) is 0 Å². The maximum absolute atomic E-state index is 13.5. The van der Waals surface area contributed by atoms with Crippen LogP contribution < -0.4 is 0 Å². The molecule has 0 unspecified atom stereocenters. The minimum atomic E-state index is -0.301. The number of benzene rings is 3. The van der Waals surface area contributed by atoms with Crippen molar-refractivity contribution in [2.45, 2.75) is 0 Å². The largest absolute Gasteiger partial charge is 0.206 e. The van der Waals surface area contributed by atoms with Crippen LogP contribution in [0.25, 0.3) is 0 Å². The number of hydrogen-bond acceptors (Lipinski definition) is 0.